The van der Waals surface area contributed by atoms with Crippen LogP contribution in [0.3, 0.4) is 0 Å². The minimum atomic E-state index is -0.292. The molecule has 1 heterocycles. The van der Waals surface area contributed by atoms with Crippen molar-refractivity contribution in [3.05, 3.63) is 71.2 Å². The summed E-state index contributed by atoms with van der Waals surface area (Å²) in [5, 5.41) is 6.36. The molecule has 1 aromatic heterocycles. The first-order chi connectivity index (χ1) is 11.5. The summed E-state index contributed by atoms with van der Waals surface area (Å²) in [5.74, 6) is 0.822. The normalized spacial score (nSPS) is 10.5. The van der Waals surface area contributed by atoms with E-state index in [0.29, 0.717) is 17.5 Å². The SMILES string of the molecule is Cc1ccc(C)c(Nc2nc(C)cc(Nc3cccc(F)c3)n2)c1. The second kappa shape index (κ2) is 6.66. The van der Waals surface area contributed by atoms with Crippen LogP contribution in [-0.2, 0) is 0 Å². The Morgan fingerprint density at radius 1 is 0.875 bits per heavy atom. The Labute approximate surface area is 140 Å². The third-order valence-corrected chi connectivity index (χ3v) is 3.59. The summed E-state index contributed by atoms with van der Waals surface area (Å²) in [4.78, 5) is 8.89. The third-order valence-electron chi connectivity index (χ3n) is 3.59. The van der Waals surface area contributed by atoms with Gasteiger partial charge in [0, 0.05) is 23.1 Å². The summed E-state index contributed by atoms with van der Waals surface area (Å²) in [6, 6.07) is 14.3. The van der Waals surface area contributed by atoms with E-state index in [2.05, 4.69) is 38.8 Å². The Kier molecular flexibility index (Phi) is 4.42. The summed E-state index contributed by atoms with van der Waals surface area (Å²) in [6.07, 6.45) is 0. The molecule has 0 saturated heterocycles. The minimum absolute atomic E-state index is 0.292. The van der Waals surface area contributed by atoms with E-state index >= 15 is 0 Å². The Balaban J connectivity index is 1.87. The summed E-state index contributed by atoms with van der Waals surface area (Å²) in [6.45, 7) is 5.97. The molecule has 24 heavy (non-hydrogen) atoms. The van der Waals surface area contributed by atoms with Crippen LogP contribution in [0, 0.1) is 26.6 Å². The quantitative estimate of drug-likeness (QED) is 0.707. The summed E-state index contributed by atoms with van der Waals surface area (Å²) in [7, 11) is 0. The highest BCUT2D eigenvalue weighted by atomic mass is 19.1. The van der Waals surface area contributed by atoms with Crippen LogP contribution in [0.5, 0.6) is 0 Å². The molecule has 3 aromatic rings. The molecule has 3 rings (SSSR count). The van der Waals surface area contributed by atoms with Gasteiger partial charge in [0.1, 0.15) is 11.6 Å². The van der Waals surface area contributed by atoms with Gasteiger partial charge in [-0.2, -0.15) is 4.98 Å². The number of hydrogen-bond donors (Lipinski definition) is 2. The van der Waals surface area contributed by atoms with Gasteiger partial charge in [0.2, 0.25) is 5.95 Å². The van der Waals surface area contributed by atoms with Crippen LogP contribution in [-0.4, -0.2) is 9.97 Å². The lowest BCUT2D eigenvalue weighted by molar-refractivity contribution is 0.628. The molecule has 0 atom stereocenters. The van der Waals surface area contributed by atoms with E-state index < -0.39 is 0 Å². The number of anilines is 4. The first kappa shape index (κ1) is 15.9. The smallest absolute Gasteiger partial charge is 0.229 e. The van der Waals surface area contributed by atoms with Crippen LogP contribution in [0.1, 0.15) is 16.8 Å². The first-order valence-electron chi connectivity index (χ1n) is 7.72. The van der Waals surface area contributed by atoms with Crippen molar-refractivity contribution in [3.8, 4) is 0 Å². The van der Waals surface area contributed by atoms with E-state index in [9.17, 15) is 4.39 Å². The molecule has 4 nitrogen and oxygen atoms in total. The van der Waals surface area contributed by atoms with E-state index in [-0.39, 0.29) is 5.82 Å². The lowest BCUT2D eigenvalue weighted by Gasteiger charge is -2.12. The van der Waals surface area contributed by atoms with Crippen molar-refractivity contribution < 1.29 is 4.39 Å². The van der Waals surface area contributed by atoms with Crippen molar-refractivity contribution in [2.75, 3.05) is 10.6 Å². The molecule has 0 saturated carbocycles. The number of nitrogens with zero attached hydrogens (tertiary/aromatic N) is 2. The molecule has 122 valence electrons. The number of halogens is 1. The maximum atomic E-state index is 13.3. The van der Waals surface area contributed by atoms with Crippen molar-refractivity contribution in [1.29, 1.82) is 0 Å². The van der Waals surface area contributed by atoms with Crippen molar-refractivity contribution in [2.45, 2.75) is 20.8 Å². The molecule has 0 aliphatic carbocycles. The monoisotopic (exact) mass is 322 g/mol. The van der Waals surface area contributed by atoms with Gasteiger partial charge in [0.15, 0.2) is 0 Å². The van der Waals surface area contributed by atoms with Crippen LogP contribution in [0.15, 0.2) is 48.5 Å². The molecule has 0 bridgehead atoms. The summed E-state index contributed by atoms with van der Waals surface area (Å²) < 4.78 is 13.3. The van der Waals surface area contributed by atoms with Crippen LogP contribution in [0.4, 0.5) is 27.5 Å². The van der Waals surface area contributed by atoms with Gasteiger partial charge in [-0.25, -0.2) is 9.37 Å². The standard InChI is InChI=1S/C19H19FN4/c1-12-7-8-13(2)17(9-12)23-19-21-14(3)10-18(24-19)22-16-6-4-5-15(20)11-16/h4-11H,1-3H3,(H2,21,22,23,24). The van der Waals surface area contributed by atoms with Gasteiger partial charge in [-0.15, -0.1) is 0 Å². The van der Waals surface area contributed by atoms with E-state index in [0.717, 1.165) is 22.5 Å². The van der Waals surface area contributed by atoms with Gasteiger partial charge in [0.25, 0.3) is 0 Å². The number of benzene rings is 2. The van der Waals surface area contributed by atoms with Gasteiger partial charge < -0.3 is 10.6 Å². The molecule has 0 aliphatic heterocycles. The highest BCUT2D eigenvalue weighted by molar-refractivity contribution is 5.62. The van der Waals surface area contributed by atoms with Gasteiger partial charge in [0.05, 0.1) is 0 Å². The second-order valence-electron chi connectivity index (χ2n) is 5.80. The molecule has 2 N–H and O–H groups in total. The molecule has 0 unspecified atom stereocenters. The van der Waals surface area contributed by atoms with Crippen molar-refractivity contribution in [1.82, 2.24) is 9.97 Å². The number of rotatable bonds is 4. The zero-order chi connectivity index (χ0) is 17.1. The van der Waals surface area contributed by atoms with Crippen molar-refractivity contribution in [2.24, 2.45) is 0 Å². The van der Waals surface area contributed by atoms with E-state index in [1.54, 1.807) is 12.1 Å². The predicted octanol–water partition coefficient (Wildman–Crippen LogP) is 5.03. The zero-order valence-corrected chi connectivity index (χ0v) is 13.9. The number of aryl methyl sites for hydroxylation is 3. The molecule has 2 aromatic carbocycles. The Morgan fingerprint density at radius 2 is 1.71 bits per heavy atom. The lowest BCUT2D eigenvalue weighted by Crippen LogP contribution is -2.03. The van der Waals surface area contributed by atoms with Gasteiger partial charge >= 0.3 is 0 Å². The fourth-order valence-electron chi connectivity index (χ4n) is 2.39. The number of hydrogen-bond acceptors (Lipinski definition) is 4. The highest BCUT2D eigenvalue weighted by Crippen LogP contribution is 2.22. The third kappa shape index (κ3) is 3.87. The molecule has 0 amide bonds. The minimum Gasteiger partial charge on any atom is -0.340 e. The van der Waals surface area contributed by atoms with Crippen LogP contribution >= 0.6 is 0 Å². The second-order valence-corrected chi connectivity index (χ2v) is 5.80. The fraction of sp³-hybridized carbons (Fsp3) is 0.158. The van der Waals surface area contributed by atoms with Crippen molar-refractivity contribution >= 4 is 23.1 Å². The van der Waals surface area contributed by atoms with E-state index in [4.69, 9.17) is 0 Å². The average Bonchev–Trinajstić information content (AvgIpc) is 2.50. The molecular weight excluding hydrogens is 303 g/mol. The Morgan fingerprint density at radius 3 is 2.50 bits per heavy atom. The lowest BCUT2D eigenvalue weighted by atomic mass is 10.1. The zero-order valence-electron chi connectivity index (χ0n) is 13.9. The van der Waals surface area contributed by atoms with Crippen LogP contribution < -0.4 is 10.6 Å². The molecule has 0 fully saturated rings. The predicted molar refractivity (Wildman–Crippen MR) is 95.7 cm³/mol. The van der Waals surface area contributed by atoms with Crippen LogP contribution in [0.2, 0.25) is 0 Å². The number of nitrogens with one attached hydrogen (secondary N) is 2. The highest BCUT2D eigenvalue weighted by Gasteiger charge is 2.06. The first-order valence-corrected chi connectivity index (χ1v) is 7.72. The Bertz CT molecular complexity index is 877. The fourth-order valence-corrected chi connectivity index (χ4v) is 2.39. The van der Waals surface area contributed by atoms with Gasteiger partial charge in [-0.05, 0) is 56.2 Å². The van der Waals surface area contributed by atoms with E-state index in [1.165, 1.54) is 12.1 Å². The van der Waals surface area contributed by atoms with E-state index in [1.807, 2.05) is 26.8 Å². The Hall–Kier alpha value is -2.95. The molecule has 0 spiro atoms. The van der Waals surface area contributed by atoms with Gasteiger partial charge in [-0.1, -0.05) is 18.2 Å². The maximum absolute atomic E-state index is 13.3. The maximum Gasteiger partial charge on any atom is 0.229 e. The number of aromatic nitrogens is 2. The van der Waals surface area contributed by atoms with Crippen molar-refractivity contribution in [3.63, 3.8) is 0 Å². The molecule has 0 radical (unpaired) electrons. The van der Waals surface area contributed by atoms with Crippen LogP contribution in [0.25, 0.3) is 0 Å². The van der Waals surface area contributed by atoms with Gasteiger partial charge in [-0.3, -0.25) is 0 Å². The topological polar surface area (TPSA) is 49.8 Å². The molecule has 0 aliphatic rings. The summed E-state index contributed by atoms with van der Waals surface area (Å²) in [5.41, 5.74) is 4.71. The summed E-state index contributed by atoms with van der Waals surface area (Å²) >= 11 is 0. The molecular formula is C19H19FN4. The molecule has 5 heteroatoms. The average molecular weight is 322 g/mol. The largest absolute Gasteiger partial charge is 0.340 e.